The van der Waals surface area contributed by atoms with Gasteiger partial charge in [-0.2, -0.15) is 0 Å². The minimum Gasteiger partial charge on any atom is -0.386 e. The van der Waals surface area contributed by atoms with Crippen LogP contribution in [0.25, 0.3) is 0 Å². The van der Waals surface area contributed by atoms with Crippen molar-refractivity contribution in [2.24, 2.45) is 5.73 Å². The van der Waals surface area contributed by atoms with Crippen LogP contribution in [0.4, 0.5) is 0 Å². The first-order valence-corrected chi connectivity index (χ1v) is 5.33. The third kappa shape index (κ3) is 1.56. The maximum absolute atomic E-state index is 10.5. The molecule has 0 bridgehead atoms. The van der Waals surface area contributed by atoms with Crippen LogP contribution >= 0.6 is 0 Å². The molecule has 2 saturated heterocycles. The maximum atomic E-state index is 10.5. The van der Waals surface area contributed by atoms with Gasteiger partial charge in [-0.05, 0) is 26.3 Å². The van der Waals surface area contributed by atoms with E-state index in [1.807, 2.05) is 7.05 Å². The van der Waals surface area contributed by atoms with Crippen LogP contribution in [0.1, 0.15) is 19.3 Å². The summed E-state index contributed by atoms with van der Waals surface area (Å²) in [4.78, 5) is 2.13. The fourth-order valence-electron chi connectivity index (χ4n) is 2.57. The number of likely N-dealkylation sites (N-methyl/N-ethyl adjacent to an activating group) is 1. The van der Waals surface area contributed by atoms with Gasteiger partial charge >= 0.3 is 0 Å². The number of ether oxygens (including phenoxy) is 1. The number of β-amino-alcohol motifs (C(OH)–C–C–N with tert-alkyl or cyclic N) is 1. The van der Waals surface area contributed by atoms with E-state index in [0.717, 1.165) is 32.4 Å². The van der Waals surface area contributed by atoms with E-state index in [9.17, 15) is 5.11 Å². The standard InChI is InChI=1S/C10H20N2O2/c1-12-5-4-10(13,7-12)9(11)3-2-6-14-8-9/h13H,2-8,11H2,1H3. The molecule has 2 unspecified atom stereocenters. The normalized spacial score (nSPS) is 45.6. The van der Waals surface area contributed by atoms with Gasteiger partial charge < -0.3 is 20.5 Å². The topological polar surface area (TPSA) is 58.7 Å². The van der Waals surface area contributed by atoms with Crippen molar-refractivity contribution in [3.05, 3.63) is 0 Å². The van der Waals surface area contributed by atoms with E-state index in [2.05, 4.69) is 4.90 Å². The van der Waals surface area contributed by atoms with Gasteiger partial charge in [0.05, 0.1) is 17.7 Å². The lowest BCUT2D eigenvalue weighted by Gasteiger charge is -2.44. The Kier molecular flexibility index (Phi) is 2.55. The molecule has 0 aromatic carbocycles. The van der Waals surface area contributed by atoms with Crippen LogP contribution < -0.4 is 5.73 Å². The third-order valence-electron chi connectivity index (χ3n) is 3.64. The summed E-state index contributed by atoms with van der Waals surface area (Å²) in [5.74, 6) is 0. The number of nitrogens with zero attached hydrogens (tertiary/aromatic N) is 1. The molecule has 82 valence electrons. The number of likely N-dealkylation sites (tertiary alicyclic amines) is 1. The molecule has 0 spiro atoms. The quantitative estimate of drug-likeness (QED) is 0.602. The predicted molar refractivity (Wildman–Crippen MR) is 54.0 cm³/mol. The smallest absolute Gasteiger partial charge is 0.0986 e. The van der Waals surface area contributed by atoms with Crippen molar-refractivity contribution >= 4 is 0 Å². The summed E-state index contributed by atoms with van der Waals surface area (Å²) in [7, 11) is 2.02. The third-order valence-corrected chi connectivity index (χ3v) is 3.64. The number of hydrogen-bond donors (Lipinski definition) is 2. The molecule has 2 rings (SSSR count). The van der Waals surface area contributed by atoms with Gasteiger partial charge in [0.1, 0.15) is 0 Å². The van der Waals surface area contributed by atoms with E-state index >= 15 is 0 Å². The lowest BCUT2D eigenvalue weighted by Crippen LogP contribution is -2.65. The molecule has 2 heterocycles. The minimum atomic E-state index is -0.748. The second kappa shape index (κ2) is 3.45. The van der Waals surface area contributed by atoms with Crippen LogP contribution in [-0.2, 0) is 4.74 Å². The highest BCUT2D eigenvalue weighted by molar-refractivity contribution is 5.09. The summed E-state index contributed by atoms with van der Waals surface area (Å²) >= 11 is 0. The van der Waals surface area contributed by atoms with Gasteiger partial charge in [-0.25, -0.2) is 0 Å². The van der Waals surface area contributed by atoms with Crippen molar-refractivity contribution in [3.8, 4) is 0 Å². The van der Waals surface area contributed by atoms with Gasteiger partial charge in [-0.1, -0.05) is 0 Å². The Hall–Kier alpha value is -0.160. The lowest BCUT2D eigenvalue weighted by atomic mass is 9.76. The fraction of sp³-hybridized carbons (Fsp3) is 1.00. The predicted octanol–water partition coefficient (Wildman–Crippen LogP) is -0.439. The minimum absolute atomic E-state index is 0.497. The molecular formula is C10H20N2O2. The summed E-state index contributed by atoms with van der Waals surface area (Å²) in [6.45, 7) is 2.88. The summed E-state index contributed by atoms with van der Waals surface area (Å²) in [5, 5.41) is 10.5. The van der Waals surface area contributed by atoms with Crippen LogP contribution in [0.3, 0.4) is 0 Å². The van der Waals surface area contributed by atoms with Crippen molar-refractivity contribution < 1.29 is 9.84 Å². The van der Waals surface area contributed by atoms with Gasteiger partial charge in [0, 0.05) is 19.7 Å². The van der Waals surface area contributed by atoms with Crippen molar-refractivity contribution in [2.75, 3.05) is 33.4 Å². The molecule has 4 heteroatoms. The molecule has 0 amide bonds. The lowest BCUT2D eigenvalue weighted by molar-refractivity contribution is -0.0889. The molecule has 2 fully saturated rings. The van der Waals surface area contributed by atoms with E-state index in [1.54, 1.807) is 0 Å². The molecule has 3 N–H and O–H groups in total. The van der Waals surface area contributed by atoms with Crippen molar-refractivity contribution in [3.63, 3.8) is 0 Å². The van der Waals surface area contributed by atoms with Crippen LogP contribution in [0.15, 0.2) is 0 Å². The molecule has 0 radical (unpaired) electrons. The van der Waals surface area contributed by atoms with Crippen LogP contribution in [0.5, 0.6) is 0 Å². The molecule has 4 nitrogen and oxygen atoms in total. The first-order chi connectivity index (χ1) is 6.56. The van der Waals surface area contributed by atoms with Gasteiger partial charge in [-0.15, -0.1) is 0 Å². The van der Waals surface area contributed by atoms with Gasteiger partial charge in [0.15, 0.2) is 0 Å². The van der Waals surface area contributed by atoms with Crippen molar-refractivity contribution in [1.82, 2.24) is 4.90 Å². The Balaban J connectivity index is 2.11. The molecule has 2 aliphatic heterocycles. The molecule has 0 aliphatic carbocycles. The second-order valence-corrected chi connectivity index (χ2v) is 4.83. The fourth-order valence-corrected chi connectivity index (χ4v) is 2.57. The highest BCUT2D eigenvalue weighted by Gasteiger charge is 2.51. The monoisotopic (exact) mass is 200 g/mol. The van der Waals surface area contributed by atoms with Crippen LogP contribution in [0, 0.1) is 0 Å². The number of rotatable bonds is 1. The molecule has 0 aromatic rings. The van der Waals surface area contributed by atoms with Crippen molar-refractivity contribution in [2.45, 2.75) is 30.4 Å². The van der Waals surface area contributed by atoms with E-state index in [4.69, 9.17) is 10.5 Å². The Morgan fingerprint density at radius 1 is 1.43 bits per heavy atom. The molecule has 2 aliphatic rings. The maximum Gasteiger partial charge on any atom is 0.0986 e. The first kappa shape index (κ1) is 10.4. The Bertz CT molecular complexity index is 209. The van der Waals surface area contributed by atoms with E-state index in [1.165, 1.54) is 0 Å². The molecule has 14 heavy (non-hydrogen) atoms. The van der Waals surface area contributed by atoms with Crippen LogP contribution in [-0.4, -0.2) is 54.5 Å². The van der Waals surface area contributed by atoms with Crippen LogP contribution in [0.2, 0.25) is 0 Å². The average molecular weight is 200 g/mol. The molecule has 2 atom stereocenters. The van der Waals surface area contributed by atoms with Gasteiger partial charge in [-0.3, -0.25) is 0 Å². The number of aliphatic hydroxyl groups is 1. The Morgan fingerprint density at radius 2 is 2.21 bits per heavy atom. The zero-order valence-corrected chi connectivity index (χ0v) is 8.83. The van der Waals surface area contributed by atoms with E-state index < -0.39 is 11.1 Å². The first-order valence-electron chi connectivity index (χ1n) is 5.33. The van der Waals surface area contributed by atoms with E-state index in [0.29, 0.717) is 13.2 Å². The SMILES string of the molecule is CN1CCC(O)(C2(N)CCCOC2)C1. The molecule has 0 saturated carbocycles. The zero-order chi connectivity index (χ0) is 10.2. The zero-order valence-electron chi connectivity index (χ0n) is 8.83. The Labute approximate surface area is 85.0 Å². The van der Waals surface area contributed by atoms with Gasteiger partial charge in [0.2, 0.25) is 0 Å². The van der Waals surface area contributed by atoms with E-state index in [-0.39, 0.29) is 0 Å². The second-order valence-electron chi connectivity index (χ2n) is 4.83. The number of nitrogens with two attached hydrogens (primary N) is 1. The summed E-state index contributed by atoms with van der Waals surface area (Å²) in [5.41, 5.74) is 4.98. The number of hydrogen-bond acceptors (Lipinski definition) is 4. The van der Waals surface area contributed by atoms with Gasteiger partial charge in [0.25, 0.3) is 0 Å². The summed E-state index contributed by atoms with van der Waals surface area (Å²) in [6.07, 6.45) is 2.60. The Morgan fingerprint density at radius 3 is 2.71 bits per heavy atom. The highest BCUT2D eigenvalue weighted by atomic mass is 16.5. The molecular weight excluding hydrogens is 180 g/mol. The largest absolute Gasteiger partial charge is 0.386 e. The molecule has 0 aromatic heterocycles. The summed E-state index contributed by atoms with van der Waals surface area (Å²) in [6, 6.07) is 0. The van der Waals surface area contributed by atoms with Crippen molar-refractivity contribution in [1.29, 1.82) is 0 Å². The summed E-state index contributed by atoms with van der Waals surface area (Å²) < 4.78 is 5.39. The highest BCUT2D eigenvalue weighted by Crippen LogP contribution is 2.35. The average Bonchev–Trinajstić information content (AvgIpc) is 2.49.